The summed E-state index contributed by atoms with van der Waals surface area (Å²) in [5, 5.41) is 15.1. The molecule has 1 heterocycles. The van der Waals surface area contributed by atoms with Gasteiger partial charge in [-0.2, -0.15) is 0 Å². The second kappa shape index (κ2) is 6.55. The first-order valence-corrected chi connectivity index (χ1v) is 7.42. The summed E-state index contributed by atoms with van der Waals surface area (Å²) >= 11 is 0. The Kier molecular flexibility index (Phi) is 4.27. The summed E-state index contributed by atoms with van der Waals surface area (Å²) in [6.07, 6.45) is -0.0392. The number of imide groups is 1. The van der Waals surface area contributed by atoms with Crippen molar-refractivity contribution in [1.29, 1.82) is 0 Å². The lowest BCUT2D eigenvalue weighted by Gasteiger charge is -2.15. The van der Waals surface area contributed by atoms with Gasteiger partial charge >= 0.3 is 0 Å². The first kappa shape index (κ1) is 17.0. The summed E-state index contributed by atoms with van der Waals surface area (Å²) in [7, 11) is 0. The summed E-state index contributed by atoms with van der Waals surface area (Å²) < 4.78 is 0. The van der Waals surface area contributed by atoms with Gasteiger partial charge in [0, 0.05) is 23.4 Å². The van der Waals surface area contributed by atoms with Crippen LogP contribution in [-0.4, -0.2) is 28.4 Å². The smallest absolute Gasteiger partial charge is 0.299 e. The molecule has 3 rings (SSSR count). The summed E-state index contributed by atoms with van der Waals surface area (Å²) in [5.41, 5.74) is 0.725. The quantitative estimate of drug-likeness (QED) is 0.367. The normalized spacial score (nSPS) is 13.0. The van der Waals surface area contributed by atoms with E-state index in [1.54, 1.807) is 0 Å². The number of carbonyl (C=O) groups is 4. The highest BCUT2D eigenvalue weighted by atomic mass is 16.6. The Morgan fingerprint density at radius 3 is 2.35 bits per heavy atom. The number of nitro groups is 1. The summed E-state index contributed by atoms with van der Waals surface area (Å²) in [6, 6.07) is 9.58. The van der Waals surface area contributed by atoms with Crippen molar-refractivity contribution in [2.75, 3.05) is 5.32 Å². The summed E-state index contributed by atoms with van der Waals surface area (Å²) in [4.78, 5) is 57.1. The molecule has 2 aromatic carbocycles. The fraction of sp³-hybridized carbons (Fsp3) is 0.0588. The van der Waals surface area contributed by atoms with Crippen LogP contribution in [0.1, 0.15) is 26.3 Å². The summed E-state index contributed by atoms with van der Waals surface area (Å²) in [6.45, 7) is 0. The molecule has 130 valence electrons. The van der Waals surface area contributed by atoms with E-state index < -0.39 is 28.4 Å². The highest BCUT2D eigenvalue weighted by molar-refractivity contribution is 6.49. The molecule has 26 heavy (non-hydrogen) atoms. The second-order valence-corrected chi connectivity index (χ2v) is 5.52. The number of rotatable bonds is 4. The molecule has 0 aromatic heterocycles. The maximum Gasteiger partial charge on any atom is 0.299 e. The molecule has 2 N–H and O–H groups in total. The van der Waals surface area contributed by atoms with Crippen LogP contribution in [0.5, 0.6) is 0 Å². The number of nitrogens with zero attached hydrogens (tertiary/aromatic N) is 1. The molecule has 0 aliphatic carbocycles. The Labute approximate surface area is 146 Å². The highest BCUT2D eigenvalue weighted by Crippen LogP contribution is 2.20. The fourth-order valence-electron chi connectivity index (χ4n) is 2.48. The number of nitrogens with one attached hydrogen (secondary N) is 2. The Bertz CT molecular complexity index is 965. The number of benzene rings is 2. The lowest BCUT2D eigenvalue weighted by Crippen LogP contribution is -2.42. The van der Waals surface area contributed by atoms with Gasteiger partial charge in [0.25, 0.3) is 23.3 Å². The second-order valence-electron chi connectivity index (χ2n) is 5.52. The van der Waals surface area contributed by atoms with E-state index in [9.17, 15) is 29.3 Å². The zero-order valence-corrected chi connectivity index (χ0v) is 13.1. The van der Waals surface area contributed by atoms with E-state index in [0.29, 0.717) is 5.56 Å². The molecule has 0 unspecified atom stereocenters. The molecule has 0 radical (unpaired) electrons. The number of nitro benzene ring substituents is 1. The van der Waals surface area contributed by atoms with Crippen molar-refractivity contribution < 1.29 is 24.1 Å². The van der Waals surface area contributed by atoms with Crippen LogP contribution in [0.4, 0.5) is 11.4 Å². The summed E-state index contributed by atoms with van der Waals surface area (Å²) in [5.74, 6) is -2.96. The number of anilines is 1. The van der Waals surface area contributed by atoms with Crippen LogP contribution >= 0.6 is 0 Å². The number of non-ortho nitro benzene ring substituents is 1. The van der Waals surface area contributed by atoms with E-state index >= 15 is 0 Å². The molecule has 1 aliphatic heterocycles. The molecule has 9 heteroatoms. The van der Waals surface area contributed by atoms with Crippen molar-refractivity contribution in [3.8, 4) is 0 Å². The van der Waals surface area contributed by atoms with E-state index in [2.05, 4.69) is 5.32 Å². The number of fused-ring (bicyclic) bond motifs is 1. The predicted molar refractivity (Wildman–Crippen MR) is 88.7 cm³/mol. The van der Waals surface area contributed by atoms with Gasteiger partial charge in [-0.05, 0) is 23.8 Å². The molecule has 0 saturated heterocycles. The van der Waals surface area contributed by atoms with Crippen LogP contribution in [-0.2, 0) is 16.0 Å². The van der Waals surface area contributed by atoms with Gasteiger partial charge < -0.3 is 5.32 Å². The number of Topliss-reactive ketones (excluding diaryl/α,β-unsaturated/α-hetero) is 1. The Balaban J connectivity index is 1.74. The molecule has 0 bridgehead atoms. The van der Waals surface area contributed by atoms with Gasteiger partial charge in [-0.15, -0.1) is 0 Å². The zero-order valence-electron chi connectivity index (χ0n) is 13.1. The fourth-order valence-corrected chi connectivity index (χ4v) is 2.48. The van der Waals surface area contributed by atoms with Crippen LogP contribution in [0.2, 0.25) is 0 Å². The third-order valence-electron chi connectivity index (χ3n) is 3.74. The van der Waals surface area contributed by atoms with E-state index in [1.807, 2.05) is 5.32 Å². The van der Waals surface area contributed by atoms with Crippen molar-refractivity contribution in [2.24, 2.45) is 0 Å². The van der Waals surface area contributed by atoms with Crippen LogP contribution in [0.3, 0.4) is 0 Å². The van der Waals surface area contributed by atoms with Crippen LogP contribution in [0, 0.1) is 10.1 Å². The predicted octanol–water partition coefficient (Wildman–Crippen LogP) is 1.23. The Morgan fingerprint density at radius 2 is 1.69 bits per heavy atom. The lowest BCUT2D eigenvalue weighted by atomic mass is 9.98. The largest absolute Gasteiger partial charge is 0.326 e. The molecule has 9 nitrogen and oxygen atoms in total. The molecular formula is C17H11N3O6. The Morgan fingerprint density at radius 1 is 1.00 bits per heavy atom. The van der Waals surface area contributed by atoms with Gasteiger partial charge in [0.1, 0.15) is 0 Å². The van der Waals surface area contributed by atoms with E-state index in [4.69, 9.17) is 0 Å². The maximum atomic E-state index is 12.1. The van der Waals surface area contributed by atoms with Gasteiger partial charge in [-0.25, -0.2) is 0 Å². The van der Waals surface area contributed by atoms with Crippen molar-refractivity contribution in [1.82, 2.24) is 5.32 Å². The van der Waals surface area contributed by atoms with Crippen molar-refractivity contribution in [3.05, 3.63) is 69.3 Å². The van der Waals surface area contributed by atoms with Gasteiger partial charge in [0.05, 0.1) is 16.9 Å². The molecule has 0 saturated carbocycles. The molecule has 0 fully saturated rings. The minimum Gasteiger partial charge on any atom is -0.326 e. The van der Waals surface area contributed by atoms with E-state index in [1.165, 1.54) is 42.5 Å². The van der Waals surface area contributed by atoms with Gasteiger partial charge in [-0.1, -0.05) is 12.1 Å². The first-order valence-electron chi connectivity index (χ1n) is 7.42. The average Bonchev–Trinajstić information content (AvgIpc) is 2.60. The van der Waals surface area contributed by atoms with Gasteiger partial charge in [0.2, 0.25) is 5.91 Å². The average molecular weight is 353 g/mol. The maximum absolute atomic E-state index is 12.1. The topological polar surface area (TPSA) is 135 Å². The molecular weight excluding hydrogens is 342 g/mol. The van der Waals surface area contributed by atoms with E-state index in [0.717, 1.165) is 0 Å². The standard InChI is InChI=1S/C17H11N3O6/c21-14(7-9-1-4-11(5-2-9)20(25)26)18-10-3-6-12-13(8-10)15(22)17(24)19-16(12)23/h1-6,8H,7H2,(H,18,21)(H,19,23,24). The molecule has 0 spiro atoms. The van der Waals surface area contributed by atoms with Crippen molar-refractivity contribution in [2.45, 2.75) is 6.42 Å². The van der Waals surface area contributed by atoms with E-state index in [-0.39, 0.29) is 28.9 Å². The minimum absolute atomic E-state index is 0.0392. The SMILES string of the molecule is O=C(Cc1ccc([N+](=O)[O-])cc1)Nc1ccc2c(c1)C(=O)C(=O)NC2=O. The third kappa shape index (κ3) is 3.31. The zero-order chi connectivity index (χ0) is 18.8. The number of carbonyl (C=O) groups excluding carboxylic acids is 4. The number of ketones is 1. The van der Waals surface area contributed by atoms with Crippen LogP contribution in [0.15, 0.2) is 42.5 Å². The molecule has 1 aliphatic rings. The van der Waals surface area contributed by atoms with Crippen molar-refractivity contribution >= 4 is 34.9 Å². The minimum atomic E-state index is -1.02. The number of hydrogen-bond donors (Lipinski definition) is 2. The molecule has 0 atom stereocenters. The van der Waals surface area contributed by atoms with Crippen LogP contribution in [0.25, 0.3) is 0 Å². The number of hydrogen-bond acceptors (Lipinski definition) is 6. The first-order chi connectivity index (χ1) is 12.3. The van der Waals surface area contributed by atoms with Crippen molar-refractivity contribution in [3.63, 3.8) is 0 Å². The third-order valence-corrected chi connectivity index (χ3v) is 3.74. The van der Waals surface area contributed by atoms with Crippen LogP contribution < -0.4 is 10.6 Å². The van der Waals surface area contributed by atoms with Gasteiger partial charge in [0.15, 0.2) is 0 Å². The highest BCUT2D eigenvalue weighted by Gasteiger charge is 2.30. The molecule has 3 amide bonds. The van der Waals surface area contributed by atoms with Gasteiger partial charge in [-0.3, -0.25) is 34.6 Å². The number of amides is 3. The lowest BCUT2D eigenvalue weighted by molar-refractivity contribution is -0.384. The monoisotopic (exact) mass is 353 g/mol. The Hall–Kier alpha value is -3.88. The molecule has 2 aromatic rings.